The third-order valence-corrected chi connectivity index (χ3v) is 2.90. The van der Waals surface area contributed by atoms with Gasteiger partial charge in [0.05, 0.1) is 11.8 Å². The van der Waals surface area contributed by atoms with Crippen molar-refractivity contribution in [2.24, 2.45) is 5.10 Å². The van der Waals surface area contributed by atoms with Gasteiger partial charge in [0.2, 0.25) is 0 Å². The van der Waals surface area contributed by atoms with Crippen molar-refractivity contribution < 1.29 is 4.79 Å². The first-order valence-electron chi connectivity index (χ1n) is 5.67. The van der Waals surface area contributed by atoms with Crippen LogP contribution >= 0.6 is 15.9 Å². The van der Waals surface area contributed by atoms with Gasteiger partial charge >= 0.3 is 0 Å². The van der Waals surface area contributed by atoms with E-state index in [1.54, 1.807) is 18.3 Å². The van der Waals surface area contributed by atoms with E-state index in [0.29, 0.717) is 5.56 Å². The Morgan fingerprint density at radius 2 is 2.21 bits per heavy atom. The van der Waals surface area contributed by atoms with Crippen LogP contribution in [0.2, 0.25) is 0 Å². The number of rotatable bonds is 3. The number of aromatic nitrogens is 1. The number of hydrogen-bond donors (Lipinski definition) is 1. The average Bonchev–Trinajstić information content (AvgIpc) is 2.39. The van der Waals surface area contributed by atoms with E-state index in [1.807, 2.05) is 31.2 Å². The second-order valence-corrected chi connectivity index (χ2v) is 4.86. The van der Waals surface area contributed by atoms with Crippen LogP contribution in [-0.2, 0) is 0 Å². The van der Waals surface area contributed by atoms with Crippen LogP contribution in [-0.4, -0.2) is 17.1 Å². The van der Waals surface area contributed by atoms with Gasteiger partial charge in [0.25, 0.3) is 5.91 Å². The van der Waals surface area contributed by atoms with Gasteiger partial charge in [0, 0.05) is 16.4 Å². The lowest BCUT2D eigenvalue weighted by Gasteiger charge is -1.99. The highest BCUT2D eigenvalue weighted by atomic mass is 79.9. The van der Waals surface area contributed by atoms with Gasteiger partial charge < -0.3 is 0 Å². The lowest BCUT2D eigenvalue weighted by atomic mass is 10.2. The van der Waals surface area contributed by atoms with Crippen molar-refractivity contribution in [3.63, 3.8) is 0 Å². The Morgan fingerprint density at radius 3 is 2.89 bits per heavy atom. The Kier molecular flexibility index (Phi) is 4.41. The van der Waals surface area contributed by atoms with E-state index in [2.05, 4.69) is 31.4 Å². The minimum Gasteiger partial charge on any atom is -0.267 e. The van der Waals surface area contributed by atoms with Crippen molar-refractivity contribution in [2.45, 2.75) is 6.92 Å². The maximum Gasteiger partial charge on any atom is 0.272 e. The zero-order valence-corrected chi connectivity index (χ0v) is 11.9. The Bertz CT molecular complexity index is 608. The largest absolute Gasteiger partial charge is 0.272 e. The minimum absolute atomic E-state index is 0.279. The third-order valence-electron chi connectivity index (χ3n) is 2.40. The topological polar surface area (TPSA) is 54.4 Å². The van der Waals surface area contributed by atoms with Gasteiger partial charge in [0.1, 0.15) is 0 Å². The van der Waals surface area contributed by atoms with Gasteiger partial charge in [0.15, 0.2) is 0 Å². The van der Waals surface area contributed by atoms with Crippen LogP contribution < -0.4 is 5.43 Å². The highest BCUT2D eigenvalue weighted by Crippen LogP contribution is 2.09. The Morgan fingerprint density at radius 1 is 1.37 bits per heavy atom. The molecule has 0 fully saturated rings. The van der Waals surface area contributed by atoms with Crippen molar-refractivity contribution in [2.75, 3.05) is 0 Å². The molecule has 0 spiro atoms. The van der Waals surface area contributed by atoms with E-state index >= 15 is 0 Å². The first-order chi connectivity index (χ1) is 9.15. The molecule has 2 aromatic rings. The molecule has 0 unspecified atom stereocenters. The summed E-state index contributed by atoms with van der Waals surface area (Å²) < 4.78 is 0.963. The molecule has 0 aliphatic carbocycles. The summed E-state index contributed by atoms with van der Waals surface area (Å²) in [5, 5.41) is 3.91. The van der Waals surface area contributed by atoms with Crippen molar-refractivity contribution in [3.8, 4) is 0 Å². The minimum atomic E-state index is -0.279. The predicted molar refractivity (Wildman–Crippen MR) is 78.2 cm³/mol. The number of amides is 1. The first-order valence-corrected chi connectivity index (χ1v) is 6.46. The second kappa shape index (κ2) is 6.24. The van der Waals surface area contributed by atoms with Crippen molar-refractivity contribution in [3.05, 3.63) is 63.9 Å². The standard InChI is InChI=1S/C14H12BrN3O/c1-10-5-6-12(9-16-10)14(19)18-17-8-11-3-2-4-13(15)7-11/h2-9H,1H3,(H,18,19)/b17-8+. The maximum atomic E-state index is 11.7. The van der Waals surface area contributed by atoms with Gasteiger partial charge in [-0.25, -0.2) is 5.43 Å². The van der Waals surface area contributed by atoms with Crippen LogP contribution in [0.1, 0.15) is 21.6 Å². The highest BCUT2D eigenvalue weighted by molar-refractivity contribution is 9.10. The number of carbonyl (C=O) groups excluding carboxylic acids is 1. The summed E-state index contributed by atoms with van der Waals surface area (Å²) in [5.74, 6) is -0.279. The van der Waals surface area contributed by atoms with Gasteiger partial charge in [-0.15, -0.1) is 0 Å². The number of aryl methyl sites for hydroxylation is 1. The summed E-state index contributed by atoms with van der Waals surface area (Å²) in [7, 11) is 0. The quantitative estimate of drug-likeness (QED) is 0.699. The zero-order chi connectivity index (χ0) is 13.7. The lowest BCUT2D eigenvalue weighted by Crippen LogP contribution is -2.17. The molecular formula is C14H12BrN3O. The van der Waals surface area contributed by atoms with Crippen LogP contribution in [0.15, 0.2) is 52.2 Å². The molecule has 96 valence electrons. The van der Waals surface area contributed by atoms with Crippen molar-refractivity contribution >= 4 is 28.1 Å². The fourth-order valence-electron chi connectivity index (χ4n) is 1.42. The van der Waals surface area contributed by atoms with E-state index in [9.17, 15) is 4.79 Å². The number of nitrogens with zero attached hydrogens (tertiary/aromatic N) is 2. The molecule has 4 nitrogen and oxygen atoms in total. The molecule has 0 radical (unpaired) electrons. The molecule has 19 heavy (non-hydrogen) atoms. The summed E-state index contributed by atoms with van der Waals surface area (Å²) in [5.41, 5.74) is 4.71. The van der Waals surface area contributed by atoms with Crippen LogP contribution in [0.25, 0.3) is 0 Å². The smallest absolute Gasteiger partial charge is 0.267 e. The van der Waals surface area contributed by atoms with E-state index in [1.165, 1.54) is 6.20 Å². The summed E-state index contributed by atoms with van der Waals surface area (Å²) >= 11 is 3.37. The maximum absolute atomic E-state index is 11.7. The number of nitrogens with one attached hydrogen (secondary N) is 1. The molecule has 0 saturated carbocycles. The van der Waals surface area contributed by atoms with E-state index in [0.717, 1.165) is 15.7 Å². The molecule has 0 atom stereocenters. The molecular weight excluding hydrogens is 306 g/mol. The number of hydrazone groups is 1. The summed E-state index contributed by atoms with van der Waals surface area (Å²) in [4.78, 5) is 15.8. The molecule has 1 N–H and O–H groups in total. The summed E-state index contributed by atoms with van der Waals surface area (Å²) in [6, 6.07) is 11.1. The average molecular weight is 318 g/mol. The molecule has 0 aliphatic heterocycles. The molecule has 0 bridgehead atoms. The molecule has 1 aromatic carbocycles. The Hall–Kier alpha value is -2.01. The fourth-order valence-corrected chi connectivity index (χ4v) is 1.84. The third kappa shape index (κ3) is 3.99. The van der Waals surface area contributed by atoms with Crippen molar-refractivity contribution in [1.29, 1.82) is 0 Å². The lowest BCUT2D eigenvalue weighted by molar-refractivity contribution is 0.0955. The van der Waals surface area contributed by atoms with Gasteiger partial charge in [-0.2, -0.15) is 5.10 Å². The van der Waals surface area contributed by atoms with Gasteiger partial charge in [-0.1, -0.05) is 28.1 Å². The molecule has 0 aliphatic rings. The SMILES string of the molecule is Cc1ccc(C(=O)N/N=C/c2cccc(Br)c2)cn1. The number of hydrogen-bond acceptors (Lipinski definition) is 3. The molecule has 5 heteroatoms. The normalized spacial score (nSPS) is 10.6. The Labute approximate surface area is 119 Å². The van der Waals surface area contributed by atoms with Crippen LogP contribution in [0.4, 0.5) is 0 Å². The predicted octanol–water partition coefficient (Wildman–Crippen LogP) is 2.92. The molecule has 1 aromatic heterocycles. The monoisotopic (exact) mass is 317 g/mol. The fraction of sp³-hybridized carbons (Fsp3) is 0.0714. The molecule has 1 heterocycles. The number of pyridine rings is 1. The molecule has 1 amide bonds. The van der Waals surface area contributed by atoms with Crippen molar-refractivity contribution in [1.82, 2.24) is 10.4 Å². The second-order valence-electron chi connectivity index (χ2n) is 3.94. The first kappa shape index (κ1) is 13.4. The van der Waals surface area contributed by atoms with E-state index in [4.69, 9.17) is 0 Å². The molecule has 2 rings (SSSR count). The van der Waals surface area contributed by atoms with Crippen LogP contribution in [0, 0.1) is 6.92 Å². The number of halogens is 1. The van der Waals surface area contributed by atoms with E-state index < -0.39 is 0 Å². The summed E-state index contributed by atoms with van der Waals surface area (Å²) in [6.07, 6.45) is 3.11. The number of benzene rings is 1. The summed E-state index contributed by atoms with van der Waals surface area (Å²) in [6.45, 7) is 1.87. The van der Waals surface area contributed by atoms with Crippen LogP contribution in [0.3, 0.4) is 0 Å². The van der Waals surface area contributed by atoms with Crippen LogP contribution in [0.5, 0.6) is 0 Å². The Balaban J connectivity index is 1.98. The van der Waals surface area contributed by atoms with E-state index in [-0.39, 0.29) is 5.91 Å². The molecule has 0 saturated heterocycles. The zero-order valence-electron chi connectivity index (χ0n) is 10.3. The van der Waals surface area contributed by atoms with Gasteiger partial charge in [-0.05, 0) is 36.8 Å². The highest BCUT2D eigenvalue weighted by Gasteiger charge is 2.03. The van der Waals surface area contributed by atoms with Gasteiger partial charge in [-0.3, -0.25) is 9.78 Å². The number of carbonyl (C=O) groups is 1.